The highest BCUT2D eigenvalue weighted by atomic mass is 16.6. The van der Waals surface area contributed by atoms with Crippen LogP contribution in [-0.4, -0.2) is 144 Å². The number of benzene rings is 3. The van der Waals surface area contributed by atoms with Crippen molar-refractivity contribution >= 4 is 72.0 Å². The molecule has 684 valence electrons. The molecule has 0 unspecified atom stereocenters. The molecule has 9 N–H and O–H groups in total. The zero-order chi connectivity index (χ0) is 88.9. The van der Waals surface area contributed by atoms with Crippen molar-refractivity contribution in [2.24, 2.45) is 154 Å². The number of aliphatic hydroxyl groups excluding tert-OH is 3. The number of hydrogen-bond donors (Lipinski definition) is 9. The molecule has 30 atom stereocenters. The van der Waals surface area contributed by atoms with Gasteiger partial charge in [0.25, 0.3) is 17.7 Å². The Kier molecular flexibility index (Phi) is 27.0. The van der Waals surface area contributed by atoms with Gasteiger partial charge in [-0.3, -0.25) is 28.8 Å². The van der Waals surface area contributed by atoms with E-state index in [4.69, 9.17) is 14.2 Å². The Morgan fingerprint density at radius 2 is 0.587 bits per heavy atom. The number of carbonyl (C=O) groups is 9. The van der Waals surface area contributed by atoms with Crippen LogP contribution in [0.3, 0.4) is 0 Å². The molecule has 126 heavy (non-hydrogen) atoms. The number of amides is 6. The first kappa shape index (κ1) is 91.1. The van der Waals surface area contributed by atoms with E-state index in [2.05, 4.69) is 110 Å². The normalized spacial score (nSPS) is 43.3. The van der Waals surface area contributed by atoms with E-state index in [0.717, 1.165) is 154 Å². The Morgan fingerprint density at radius 3 is 0.865 bits per heavy atom. The van der Waals surface area contributed by atoms with Crippen LogP contribution in [0.4, 0.5) is 0 Å². The summed E-state index contributed by atoms with van der Waals surface area (Å²) in [6.45, 7) is 20.0. The first-order valence-electron chi connectivity index (χ1n) is 48.5. The fourth-order valence-electron chi connectivity index (χ4n) is 30.8. The minimum Gasteiger partial charge on any atom is -0.459 e. The first-order chi connectivity index (χ1) is 60.3. The maximum atomic E-state index is 13.9. The number of esters is 3. The topological polar surface area (TPSA) is 351 Å². The highest BCUT2D eigenvalue weighted by Gasteiger charge is 2.68. The van der Waals surface area contributed by atoms with Crippen molar-refractivity contribution < 1.29 is 72.7 Å². The van der Waals surface area contributed by atoms with Gasteiger partial charge in [0.1, 0.15) is 18.3 Å². The predicted molar refractivity (Wildman–Crippen MR) is 478 cm³/mol. The van der Waals surface area contributed by atoms with E-state index in [1.54, 1.807) is 72.8 Å². The molecule has 0 saturated heterocycles. The van der Waals surface area contributed by atoms with Crippen molar-refractivity contribution in [1.29, 1.82) is 0 Å². The van der Waals surface area contributed by atoms with Gasteiger partial charge in [0, 0.05) is 19.3 Å². The zero-order valence-electron chi connectivity index (χ0n) is 75.9. The Balaban J connectivity index is 0.533. The van der Waals surface area contributed by atoms with E-state index in [9.17, 15) is 58.5 Å². The second-order valence-electron chi connectivity index (χ2n) is 43.4. The molecule has 0 spiro atoms. The third kappa shape index (κ3) is 17.9. The van der Waals surface area contributed by atoms with Gasteiger partial charge in [-0.05, 0) is 365 Å². The van der Waals surface area contributed by atoms with Crippen LogP contribution in [0.15, 0.2) is 88.1 Å². The van der Waals surface area contributed by atoms with Gasteiger partial charge in [-0.25, -0.2) is 30.7 Å². The lowest BCUT2D eigenvalue weighted by Gasteiger charge is -2.62. The molecule has 3 aromatic rings. The van der Waals surface area contributed by atoms with Crippen molar-refractivity contribution in [3.05, 3.63) is 106 Å². The summed E-state index contributed by atoms with van der Waals surface area (Å²) >= 11 is 0. The molecule has 0 aromatic heterocycles. The van der Waals surface area contributed by atoms with Gasteiger partial charge in [-0.15, -0.1) is 0 Å². The molecule has 3 aromatic carbocycles. The summed E-state index contributed by atoms with van der Waals surface area (Å²) in [4.78, 5) is 121. The SMILES string of the molecule is C[C@@H]1CCC(=O)NCC(=O)N/N=C/c2cccc(c2)C(=O)O[C@@H]2CC[C@@]3(C)[C@H](CC[C@@H]4[C@@H]3C[C@H](O)[C@]3(C)[C@H](CC[C@@H]43)[C@H](C)CCC(=O)NCC(=O)N/N=C/c3cccc(c3)C(=O)O[C@@H]3CC[C@@]4(C)[C@H](CC[C@@H]5[C@@H]4C[C@H](O)[C@]4(C)[C@H](CC[C@@H]54)[C@H](C)CCC(=O)NCC(=O)N/N=C/c4cccc(c4)C(=O)O[C@@H]4CC[C@@]5(C)[C@H](CC[C@@H]6[C@@H]5C[C@H](O)[C@]5(C)[C@@H]1CC[C@@H]65)C4)C3)C2. The fraction of sp³-hybridized carbons (Fsp3) is 0.706. The number of nitrogens with zero attached hydrogens (tertiary/aromatic N) is 3. The summed E-state index contributed by atoms with van der Waals surface area (Å²) in [6, 6.07) is 20.9. The van der Waals surface area contributed by atoms with Gasteiger partial charge < -0.3 is 45.5 Å². The third-order valence-electron chi connectivity index (χ3n) is 37.7. The van der Waals surface area contributed by atoms with Crippen LogP contribution in [0.25, 0.3) is 0 Å². The number of aliphatic hydroxyl groups is 3. The van der Waals surface area contributed by atoms with Crippen LogP contribution in [0.1, 0.15) is 303 Å². The van der Waals surface area contributed by atoms with Crippen molar-refractivity contribution in [2.75, 3.05) is 19.6 Å². The molecule has 6 amide bonds. The van der Waals surface area contributed by atoms with Gasteiger partial charge in [0.05, 0.1) is 73.3 Å². The molecule has 9 aliphatic heterocycles. The highest BCUT2D eigenvalue weighted by molar-refractivity contribution is 5.95. The number of hydrogen-bond acceptors (Lipinski definition) is 18. The lowest BCUT2D eigenvalue weighted by molar-refractivity contribution is -0.175. The number of rotatable bonds is 0. The Morgan fingerprint density at radius 1 is 0.317 bits per heavy atom. The summed E-state index contributed by atoms with van der Waals surface area (Å²) in [6.07, 6.45) is 26.6. The van der Waals surface area contributed by atoms with Gasteiger partial charge in [-0.2, -0.15) is 15.3 Å². The zero-order valence-corrected chi connectivity index (χ0v) is 75.9. The van der Waals surface area contributed by atoms with Gasteiger partial charge in [0.2, 0.25) is 17.7 Å². The number of ether oxygens (including phenoxy) is 3. The maximum Gasteiger partial charge on any atom is 0.338 e. The summed E-state index contributed by atoms with van der Waals surface area (Å²) in [5, 5.41) is 58.2. The van der Waals surface area contributed by atoms with Crippen LogP contribution in [0.5, 0.6) is 0 Å². The molecule has 12 fully saturated rings. The van der Waals surface area contributed by atoms with Crippen molar-refractivity contribution in [1.82, 2.24) is 32.2 Å². The second kappa shape index (κ2) is 37.3. The lowest BCUT2D eigenvalue weighted by atomic mass is 9.43. The average molecular weight is 1730 g/mol. The lowest BCUT2D eigenvalue weighted by Crippen LogP contribution is -2.59. The fourth-order valence-corrected chi connectivity index (χ4v) is 30.8. The van der Waals surface area contributed by atoms with Gasteiger partial charge in [0.15, 0.2) is 0 Å². The molecular weight excluding hydrogens is 1590 g/mol. The van der Waals surface area contributed by atoms with Crippen molar-refractivity contribution in [2.45, 2.75) is 292 Å². The molecule has 24 nitrogen and oxygen atoms in total. The Bertz CT molecular complexity index is 4200. The quantitative estimate of drug-likeness (QED) is 0.0746. The van der Waals surface area contributed by atoms with Crippen LogP contribution in [0, 0.1) is 139 Å². The van der Waals surface area contributed by atoms with Crippen LogP contribution >= 0.6 is 0 Å². The predicted octanol–water partition coefficient (Wildman–Crippen LogP) is 14.5. The van der Waals surface area contributed by atoms with Crippen LogP contribution in [0.2, 0.25) is 0 Å². The van der Waals surface area contributed by atoms with E-state index in [1.807, 2.05) is 0 Å². The summed E-state index contributed by atoms with van der Waals surface area (Å²) in [7, 11) is 0. The molecule has 24 heteroatoms. The minimum atomic E-state index is -0.493. The molecule has 0 radical (unpaired) electrons. The minimum absolute atomic E-state index is 0.00942. The standard InChI is InChI=1S/C102H141N9O15/c1-58-19-34-88(115)103-55-91(118)109-106-52-61-13-10-16-64(43-61)95(122)125-71-38-41-98(5)68(47-71)23-26-74-80-32-29-77(101(80,8)86(113)50-83(74)98)60(3)21-36-90(117)105-57-93(120)111-108-54-63-15-12-18-66(45-63)96(123)126-72-39-42-99(6)69(48-72)24-27-75-81-33-30-78(102(81,9)87(114)51-84(75)99)59(2)20-35-89(116)104-56-92(119)110-107-53-62-14-11-17-65(44-62)94(121)124-70-37-40-97(4)67(46-70)22-25-73-79-31-28-76(58)100(79,7)85(112)49-82(73)97/h10-18,43-45,52-54,58-60,67-87,112-114H,19-42,46-51,55-57H2,1-9H3,(H,103,115)(H,104,116)(H,105,117)(H,109,118)(H,110,119)(H,111,120)/b106-52+,107-53+,108-54+/t58-,59-,60-,67-,68-,69-,70-,71-,72-,73+,74+,75+,76-,77-,78-,79+,80+,81+,82+,83+,84+,85+,86+,87+,97+,98+,99+,100-,101-,102-/m1/s1. The number of nitrogens with one attached hydrogen (secondary N) is 6. The molecular formula is C102H141N9O15. The molecule has 9 heterocycles. The van der Waals surface area contributed by atoms with Crippen molar-refractivity contribution in [3.63, 3.8) is 0 Å². The summed E-state index contributed by atoms with van der Waals surface area (Å²) < 4.78 is 18.9. The molecule has 30 bridgehead atoms. The van der Waals surface area contributed by atoms with E-state index >= 15 is 0 Å². The van der Waals surface area contributed by atoms with E-state index in [1.165, 1.54) is 18.6 Å². The maximum absolute atomic E-state index is 13.9. The van der Waals surface area contributed by atoms with E-state index in [-0.39, 0.29) is 143 Å². The third-order valence-corrected chi connectivity index (χ3v) is 37.7. The summed E-state index contributed by atoms with van der Waals surface area (Å²) in [5.74, 6) is 2.36. The molecule has 12 saturated carbocycles. The number of carbonyl (C=O) groups excluding carboxylic acids is 9. The van der Waals surface area contributed by atoms with Crippen LogP contribution < -0.4 is 32.2 Å². The monoisotopic (exact) mass is 1730 g/mol. The molecule has 24 rings (SSSR count). The highest BCUT2D eigenvalue weighted by Crippen LogP contribution is 2.73. The molecule has 21 aliphatic rings. The van der Waals surface area contributed by atoms with E-state index < -0.39 is 53.9 Å². The average Bonchev–Trinajstić information content (AvgIpc) is 1.46. The van der Waals surface area contributed by atoms with Gasteiger partial charge >= 0.3 is 17.9 Å². The molecule has 12 aliphatic carbocycles. The number of hydrazone groups is 3. The first-order valence-corrected chi connectivity index (χ1v) is 48.5. The second-order valence-corrected chi connectivity index (χ2v) is 43.4. The Labute approximate surface area is 744 Å². The van der Waals surface area contributed by atoms with Crippen LogP contribution in [-0.2, 0) is 43.0 Å². The van der Waals surface area contributed by atoms with E-state index in [0.29, 0.717) is 124 Å². The largest absolute Gasteiger partial charge is 0.459 e. The van der Waals surface area contributed by atoms with Gasteiger partial charge in [-0.1, -0.05) is 98.7 Å². The smallest absolute Gasteiger partial charge is 0.338 e. The Hall–Kier alpha value is -8.22. The van der Waals surface area contributed by atoms with Crippen molar-refractivity contribution in [3.8, 4) is 0 Å². The summed E-state index contributed by atoms with van der Waals surface area (Å²) in [5.41, 5.74) is 9.60.